The van der Waals surface area contributed by atoms with Gasteiger partial charge in [0.05, 0.1) is 18.2 Å². The molecule has 0 radical (unpaired) electrons. The van der Waals surface area contributed by atoms with Gasteiger partial charge in [0.2, 0.25) is 5.88 Å². The summed E-state index contributed by atoms with van der Waals surface area (Å²) in [5.41, 5.74) is 4.06. The largest absolute Gasteiger partial charge is 0.490 e. The number of hydrogen-bond acceptors (Lipinski definition) is 8. The molecule has 4 aromatic rings. The fourth-order valence-corrected chi connectivity index (χ4v) is 5.62. The third-order valence-electron chi connectivity index (χ3n) is 6.43. The Morgan fingerprint density at radius 3 is 2.36 bits per heavy atom. The number of fused-ring (bicyclic) bond motifs is 1. The van der Waals surface area contributed by atoms with E-state index in [1.54, 1.807) is 18.3 Å². The van der Waals surface area contributed by atoms with Crippen LogP contribution in [0.1, 0.15) is 17.5 Å². The average molecular weight is 648 g/mol. The van der Waals surface area contributed by atoms with Crippen molar-refractivity contribution in [1.29, 1.82) is 5.26 Å². The zero-order valence-corrected chi connectivity index (χ0v) is 23.9. The number of ether oxygens (including phenoxy) is 1. The van der Waals surface area contributed by atoms with Gasteiger partial charge in [-0.1, -0.05) is 18.2 Å². The lowest BCUT2D eigenvalue weighted by Gasteiger charge is -2.18. The number of benzene rings is 2. The van der Waals surface area contributed by atoms with Gasteiger partial charge in [-0.15, -0.1) is 0 Å². The van der Waals surface area contributed by atoms with Crippen molar-refractivity contribution in [2.75, 3.05) is 24.9 Å². The molecule has 5 rings (SSSR count). The Bertz CT molecular complexity index is 1940. The molecule has 0 saturated heterocycles. The number of sulfonamides is 1. The number of carboxylic acid groups (broad SMARTS) is 1. The lowest BCUT2D eigenvalue weighted by atomic mass is 9.91. The Balaban J connectivity index is 0.000000591. The molecule has 3 N–H and O–H groups in total. The van der Waals surface area contributed by atoms with E-state index in [-0.39, 0.29) is 11.6 Å². The van der Waals surface area contributed by atoms with E-state index in [2.05, 4.69) is 32.2 Å². The van der Waals surface area contributed by atoms with Crippen LogP contribution in [-0.2, 0) is 14.8 Å². The lowest BCUT2D eigenvalue weighted by Crippen LogP contribution is -2.21. The first-order valence-electron chi connectivity index (χ1n) is 12.8. The molecule has 0 spiro atoms. The van der Waals surface area contributed by atoms with Crippen molar-refractivity contribution in [2.24, 2.45) is 0 Å². The van der Waals surface area contributed by atoms with E-state index in [9.17, 15) is 35.6 Å². The molecule has 0 saturated carbocycles. The second-order valence-corrected chi connectivity index (χ2v) is 10.9. The second kappa shape index (κ2) is 13.2. The van der Waals surface area contributed by atoms with Gasteiger partial charge in [0, 0.05) is 35.5 Å². The number of pyridine rings is 2. The number of carboxylic acids is 1. The minimum atomic E-state index is -5.08. The van der Waals surface area contributed by atoms with E-state index in [1.165, 1.54) is 19.4 Å². The molecular weight excluding hydrogens is 625 g/mol. The van der Waals surface area contributed by atoms with Crippen molar-refractivity contribution in [1.82, 2.24) is 15.3 Å². The quantitative estimate of drug-likeness (QED) is 0.238. The van der Waals surface area contributed by atoms with E-state index in [4.69, 9.17) is 14.6 Å². The summed E-state index contributed by atoms with van der Waals surface area (Å²) in [6, 6.07) is 11.9. The maximum absolute atomic E-state index is 14.2. The first-order chi connectivity index (χ1) is 21.3. The highest BCUT2D eigenvalue weighted by atomic mass is 32.2. The maximum Gasteiger partial charge on any atom is 0.490 e. The molecule has 0 fully saturated rings. The number of nitrogens with zero attached hydrogens (tertiary/aromatic N) is 3. The van der Waals surface area contributed by atoms with Crippen LogP contribution in [0.15, 0.2) is 65.8 Å². The van der Waals surface area contributed by atoms with Crippen LogP contribution < -0.4 is 14.8 Å². The third-order valence-corrected chi connectivity index (χ3v) is 7.84. The molecule has 1 aliphatic heterocycles. The molecule has 3 heterocycles. The Morgan fingerprint density at radius 1 is 1.09 bits per heavy atom. The monoisotopic (exact) mass is 647 g/mol. The molecule has 234 valence electrons. The van der Waals surface area contributed by atoms with Gasteiger partial charge in [0.1, 0.15) is 23.4 Å². The fraction of sp³-hybridized carbons (Fsp3) is 0.172. The molecule has 0 atom stereocenters. The predicted molar refractivity (Wildman–Crippen MR) is 153 cm³/mol. The molecule has 10 nitrogen and oxygen atoms in total. The highest BCUT2D eigenvalue weighted by molar-refractivity contribution is 7.92. The maximum atomic E-state index is 14.2. The van der Waals surface area contributed by atoms with Crippen LogP contribution in [0.25, 0.3) is 27.6 Å². The Morgan fingerprint density at radius 2 is 1.78 bits per heavy atom. The van der Waals surface area contributed by atoms with Gasteiger partial charge in [-0.3, -0.25) is 9.71 Å². The highest BCUT2D eigenvalue weighted by Crippen LogP contribution is 2.35. The molecule has 2 aromatic carbocycles. The Kier molecular flexibility index (Phi) is 9.64. The number of hydrogen-bond donors (Lipinski definition) is 3. The predicted octanol–water partition coefficient (Wildman–Crippen LogP) is 5.27. The molecular formula is C29H22F5N5O5S. The van der Waals surface area contributed by atoms with Crippen LogP contribution in [0.5, 0.6) is 5.88 Å². The summed E-state index contributed by atoms with van der Waals surface area (Å²) in [7, 11) is -3.35. The Labute approximate surface area is 252 Å². The van der Waals surface area contributed by atoms with E-state index in [1.807, 2.05) is 6.07 Å². The number of nitriles is 1. The standard InChI is InChI=1S/C27H21F2N5O3S.C2HF3O2/c1-37-27-24(34-38(35,36)26-21(28)3-2-4-22(26)29)12-18(14-33-27)17-5-6-23-20(11-17)25(19(13-30)15-32-23)16-7-9-31-10-8-16;3-2(4,5)1(6)7/h2-7,11-12,14-15,31,34H,8-10H2,1H3;(H,6,7). The molecule has 0 unspecified atom stereocenters. The van der Waals surface area contributed by atoms with E-state index in [0.717, 1.165) is 47.7 Å². The van der Waals surface area contributed by atoms with Gasteiger partial charge in [-0.05, 0) is 54.4 Å². The van der Waals surface area contributed by atoms with Crippen LogP contribution in [-0.4, -0.2) is 55.8 Å². The SMILES string of the molecule is COc1ncc(-c2ccc3ncc(C#N)c(C4=CCNCC4)c3c2)cc1NS(=O)(=O)c1c(F)cccc1F.O=C(O)C(F)(F)F. The van der Waals surface area contributed by atoms with Crippen molar-refractivity contribution in [2.45, 2.75) is 17.5 Å². The first-order valence-corrected chi connectivity index (χ1v) is 14.3. The van der Waals surface area contributed by atoms with Crippen molar-refractivity contribution >= 4 is 38.2 Å². The fourth-order valence-electron chi connectivity index (χ4n) is 4.43. The third kappa shape index (κ3) is 7.33. The van der Waals surface area contributed by atoms with Crippen LogP contribution in [0, 0.1) is 23.0 Å². The van der Waals surface area contributed by atoms with E-state index < -0.39 is 38.7 Å². The number of halogens is 5. The number of aromatic nitrogens is 2. The van der Waals surface area contributed by atoms with Crippen LogP contribution in [0.4, 0.5) is 27.6 Å². The number of carbonyl (C=O) groups is 1. The van der Waals surface area contributed by atoms with Gasteiger partial charge in [0.15, 0.2) is 4.90 Å². The molecule has 0 aliphatic carbocycles. The smallest absolute Gasteiger partial charge is 0.480 e. The number of anilines is 1. The number of nitrogens with one attached hydrogen (secondary N) is 2. The van der Waals surface area contributed by atoms with Crippen molar-refractivity contribution in [3.05, 3.63) is 83.7 Å². The number of alkyl halides is 3. The first kappa shape index (κ1) is 32.8. The minimum absolute atomic E-state index is 0.0798. The molecule has 0 bridgehead atoms. The van der Waals surface area contributed by atoms with E-state index in [0.29, 0.717) is 28.8 Å². The van der Waals surface area contributed by atoms with Gasteiger partial charge in [0.25, 0.3) is 10.0 Å². The van der Waals surface area contributed by atoms with Crippen molar-refractivity contribution in [3.63, 3.8) is 0 Å². The summed E-state index contributed by atoms with van der Waals surface area (Å²) in [6.45, 7) is 1.48. The van der Waals surface area contributed by atoms with Crippen molar-refractivity contribution < 1.29 is 45.0 Å². The normalized spacial score (nSPS) is 13.2. The van der Waals surface area contributed by atoms with Crippen LogP contribution in [0.2, 0.25) is 0 Å². The number of rotatable bonds is 6. The van der Waals surface area contributed by atoms with Crippen molar-refractivity contribution in [3.8, 4) is 23.1 Å². The topological polar surface area (TPSA) is 154 Å². The molecule has 45 heavy (non-hydrogen) atoms. The summed E-state index contributed by atoms with van der Waals surface area (Å²) in [5, 5.41) is 20.9. The summed E-state index contributed by atoms with van der Waals surface area (Å²) < 4.78 is 93.4. The van der Waals surface area contributed by atoms with Gasteiger partial charge in [-0.25, -0.2) is 27.0 Å². The summed E-state index contributed by atoms with van der Waals surface area (Å²) >= 11 is 0. The minimum Gasteiger partial charge on any atom is -0.480 e. The summed E-state index contributed by atoms with van der Waals surface area (Å²) in [6.07, 6.45) is 0.770. The Hall–Kier alpha value is -5.14. The molecule has 1 aliphatic rings. The van der Waals surface area contributed by atoms with Gasteiger partial charge in [-0.2, -0.15) is 18.4 Å². The molecule has 16 heteroatoms. The number of aliphatic carboxylic acids is 1. The summed E-state index contributed by atoms with van der Waals surface area (Å²) in [5.74, 6) is -5.29. The zero-order chi connectivity index (χ0) is 32.9. The summed E-state index contributed by atoms with van der Waals surface area (Å²) in [4.78, 5) is 16.4. The van der Waals surface area contributed by atoms with Gasteiger partial charge < -0.3 is 15.2 Å². The van der Waals surface area contributed by atoms with Crippen LogP contribution in [0.3, 0.4) is 0 Å². The molecule has 0 amide bonds. The number of methoxy groups -OCH3 is 1. The second-order valence-electron chi connectivity index (χ2n) is 9.31. The van der Waals surface area contributed by atoms with Gasteiger partial charge >= 0.3 is 12.1 Å². The average Bonchev–Trinajstić information content (AvgIpc) is 3.00. The highest BCUT2D eigenvalue weighted by Gasteiger charge is 2.38. The van der Waals surface area contributed by atoms with Crippen LogP contribution >= 0.6 is 0 Å². The van der Waals surface area contributed by atoms with E-state index >= 15 is 0 Å². The molecule has 2 aromatic heterocycles. The zero-order valence-electron chi connectivity index (χ0n) is 23.1. The lowest BCUT2D eigenvalue weighted by molar-refractivity contribution is -0.192.